The van der Waals surface area contributed by atoms with Gasteiger partial charge in [-0.25, -0.2) is 13.8 Å². The zero-order valence-corrected chi connectivity index (χ0v) is 13.0. The number of halogens is 2. The van der Waals surface area contributed by atoms with E-state index in [-0.39, 0.29) is 12.1 Å². The van der Waals surface area contributed by atoms with Crippen LogP contribution in [0.25, 0.3) is 0 Å². The number of hydrogen-bond donors (Lipinski definition) is 2. The van der Waals surface area contributed by atoms with E-state index in [1.54, 1.807) is 0 Å². The summed E-state index contributed by atoms with van der Waals surface area (Å²) in [6.45, 7) is 5.76. The third kappa shape index (κ3) is 3.64. The fourth-order valence-electron chi connectivity index (χ4n) is 2.00. The van der Waals surface area contributed by atoms with Gasteiger partial charge in [0, 0.05) is 17.6 Å². The summed E-state index contributed by atoms with van der Waals surface area (Å²) in [7, 11) is 0. The molecule has 3 nitrogen and oxygen atoms in total. The summed E-state index contributed by atoms with van der Waals surface area (Å²) in [6, 6.07) is 3.55. The molecule has 2 aromatic rings. The van der Waals surface area contributed by atoms with Crippen LogP contribution in [0.5, 0.6) is 0 Å². The van der Waals surface area contributed by atoms with Gasteiger partial charge in [-0.05, 0) is 32.9 Å². The van der Waals surface area contributed by atoms with Crippen molar-refractivity contribution in [3.8, 4) is 0 Å². The molecule has 0 saturated heterocycles. The molecule has 0 aliphatic heterocycles. The molecule has 1 aromatic heterocycles. The summed E-state index contributed by atoms with van der Waals surface area (Å²) in [5, 5.41) is 15.9. The Bertz CT molecular complexity index is 608. The highest BCUT2D eigenvalue weighted by molar-refractivity contribution is 7.09. The van der Waals surface area contributed by atoms with Crippen LogP contribution in [0.4, 0.5) is 8.78 Å². The van der Waals surface area contributed by atoms with Crippen LogP contribution in [0.15, 0.2) is 23.6 Å². The van der Waals surface area contributed by atoms with Crippen molar-refractivity contribution in [2.24, 2.45) is 0 Å². The van der Waals surface area contributed by atoms with Gasteiger partial charge >= 0.3 is 0 Å². The summed E-state index contributed by atoms with van der Waals surface area (Å²) in [6.07, 6.45) is -1.26. The lowest BCUT2D eigenvalue weighted by molar-refractivity contribution is 0.152. The van der Waals surface area contributed by atoms with Gasteiger partial charge in [0.05, 0.1) is 17.2 Å². The van der Waals surface area contributed by atoms with Gasteiger partial charge < -0.3 is 10.4 Å². The topological polar surface area (TPSA) is 45.1 Å². The van der Waals surface area contributed by atoms with E-state index in [0.29, 0.717) is 0 Å². The highest BCUT2D eigenvalue weighted by Crippen LogP contribution is 2.26. The summed E-state index contributed by atoms with van der Waals surface area (Å²) >= 11 is 1.51. The molecule has 0 spiro atoms. The van der Waals surface area contributed by atoms with E-state index in [1.165, 1.54) is 17.4 Å². The highest BCUT2D eigenvalue weighted by Gasteiger charge is 2.26. The van der Waals surface area contributed by atoms with Crippen molar-refractivity contribution < 1.29 is 13.9 Å². The van der Waals surface area contributed by atoms with E-state index in [2.05, 4.69) is 10.3 Å². The van der Waals surface area contributed by atoms with Gasteiger partial charge in [-0.2, -0.15) is 0 Å². The van der Waals surface area contributed by atoms with E-state index in [1.807, 2.05) is 26.2 Å². The van der Waals surface area contributed by atoms with Crippen LogP contribution in [-0.2, 0) is 5.54 Å². The minimum Gasteiger partial charge on any atom is -0.387 e. The van der Waals surface area contributed by atoms with Crippen molar-refractivity contribution in [1.29, 1.82) is 0 Å². The Morgan fingerprint density at radius 1 is 1.33 bits per heavy atom. The molecule has 6 heteroatoms. The summed E-state index contributed by atoms with van der Waals surface area (Å²) in [5.41, 5.74) is 0.128. The molecule has 0 aliphatic rings. The highest BCUT2D eigenvalue weighted by atomic mass is 32.1. The molecule has 2 rings (SSSR count). The average Bonchev–Trinajstić information content (AvgIpc) is 2.84. The maximum atomic E-state index is 13.6. The second-order valence-corrected chi connectivity index (χ2v) is 6.31. The van der Waals surface area contributed by atoms with Crippen LogP contribution < -0.4 is 5.32 Å². The molecule has 1 atom stereocenters. The number of aliphatic hydroxyl groups is 1. The Kier molecular flexibility index (Phi) is 4.70. The molecule has 0 saturated carbocycles. The number of hydrogen-bond acceptors (Lipinski definition) is 4. The van der Waals surface area contributed by atoms with Gasteiger partial charge in [0.1, 0.15) is 16.6 Å². The quantitative estimate of drug-likeness (QED) is 0.890. The third-order valence-corrected chi connectivity index (χ3v) is 4.51. The van der Waals surface area contributed by atoms with E-state index in [9.17, 15) is 13.9 Å². The minimum atomic E-state index is -1.26. The molecule has 114 valence electrons. The number of nitrogens with one attached hydrogen (secondary N) is 1. The fraction of sp³-hybridized carbons (Fsp3) is 0.400. The van der Waals surface area contributed by atoms with E-state index in [0.717, 1.165) is 22.8 Å². The molecule has 1 aromatic carbocycles. The molecule has 1 unspecified atom stereocenters. The van der Waals surface area contributed by atoms with Gasteiger partial charge in [-0.3, -0.25) is 0 Å². The van der Waals surface area contributed by atoms with Gasteiger partial charge in [0.2, 0.25) is 0 Å². The maximum Gasteiger partial charge on any atom is 0.131 e. The van der Waals surface area contributed by atoms with Gasteiger partial charge in [0.25, 0.3) is 0 Å². The van der Waals surface area contributed by atoms with Crippen LogP contribution in [-0.4, -0.2) is 16.6 Å². The number of aliphatic hydroxyl groups excluding tert-OH is 1. The first-order chi connectivity index (χ1) is 9.81. The molecule has 0 radical (unpaired) electrons. The van der Waals surface area contributed by atoms with Crippen LogP contribution in [0.1, 0.15) is 36.2 Å². The van der Waals surface area contributed by atoms with Crippen molar-refractivity contribution in [2.45, 2.75) is 32.4 Å². The summed E-state index contributed by atoms with van der Waals surface area (Å²) < 4.78 is 27.2. The fourth-order valence-corrected chi connectivity index (χ4v) is 2.90. The van der Waals surface area contributed by atoms with Crippen molar-refractivity contribution in [2.75, 3.05) is 6.54 Å². The van der Waals surface area contributed by atoms with Crippen LogP contribution in [0, 0.1) is 18.6 Å². The summed E-state index contributed by atoms with van der Waals surface area (Å²) in [5.74, 6) is -1.49. The van der Waals surface area contributed by atoms with Crippen LogP contribution in [0.3, 0.4) is 0 Å². The monoisotopic (exact) mass is 312 g/mol. The first kappa shape index (κ1) is 16.0. The van der Waals surface area contributed by atoms with Crippen LogP contribution in [0.2, 0.25) is 0 Å². The number of nitrogens with zero attached hydrogens (tertiary/aromatic N) is 1. The largest absolute Gasteiger partial charge is 0.387 e. The second-order valence-electron chi connectivity index (χ2n) is 5.45. The van der Waals surface area contributed by atoms with E-state index >= 15 is 0 Å². The number of benzene rings is 1. The standard InChI is InChI=1S/C15H18F2N2OS/c1-9-8-21-14(19-9)15(2,3)18-7-12(20)13-10(16)5-4-6-11(13)17/h4-6,8,12,18,20H,7H2,1-3H3. The zero-order valence-electron chi connectivity index (χ0n) is 12.2. The molecule has 2 N–H and O–H groups in total. The third-order valence-electron chi connectivity index (χ3n) is 3.22. The maximum absolute atomic E-state index is 13.6. The average molecular weight is 312 g/mol. The minimum absolute atomic E-state index is 0.0312. The Balaban J connectivity index is 2.09. The first-order valence-electron chi connectivity index (χ1n) is 6.61. The number of aryl methyl sites for hydroxylation is 1. The van der Waals surface area contributed by atoms with Gasteiger partial charge in [0.15, 0.2) is 0 Å². The smallest absolute Gasteiger partial charge is 0.131 e. The normalized spacial score (nSPS) is 13.4. The first-order valence-corrected chi connectivity index (χ1v) is 7.49. The summed E-state index contributed by atoms with van der Waals surface area (Å²) in [4.78, 5) is 4.39. The predicted octanol–water partition coefficient (Wildman–Crippen LogP) is 3.29. The lowest BCUT2D eigenvalue weighted by Crippen LogP contribution is -2.39. The van der Waals surface area contributed by atoms with Crippen LogP contribution >= 0.6 is 11.3 Å². The van der Waals surface area contributed by atoms with Gasteiger partial charge in [-0.15, -0.1) is 11.3 Å². The predicted molar refractivity (Wildman–Crippen MR) is 79.2 cm³/mol. The number of thiazole rings is 1. The Hall–Kier alpha value is -1.37. The van der Waals surface area contributed by atoms with Crippen molar-refractivity contribution in [3.63, 3.8) is 0 Å². The molecule has 21 heavy (non-hydrogen) atoms. The van der Waals surface area contributed by atoms with Gasteiger partial charge in [-0.1, -0.05) is 6.07 Å². The molecule has 0 bridgehead atoms. The van der Waals surface area contributed by atoms with E-state index in [4.69, 9.17) is 0 Å². The van der Waals surface area contributed by atoms with Crippen molar-refractivity contribution in [3.05, 3.63) is 51.5 Å². The zero-order chi connectivity index (χ0) is 15.6. The lowest BCUT2D eigenvalue weighted by Gasteiger charge is -2.26. The Morgan fingerprint density at radius 3 is 2.48 bits per heavy atom. The SMILES string of the molecule is Cc1csc(C(C)(C)NCC(O)c2c(F)cccc2F)n1. The Labute approximate surface area is 126 Å². The lowest BCUT2D eigenvalue weighted by atomic mass is 10.0. The molecule has 1 heterocycles. The second kappa shape index (κ2) is 6.17. The molecular formula is C15H18F2N2OS. The molecule has 0 fully saturated rings. The van der Waals surface area contributed by atoms with E-state index < -0.39 is 23.3 Å². The molecule has 0 amide bonds. The molecular weight excluding hydrogens is 294 g/mol. The number of rotatable bonds is 5. The van der Waals surface area contributed by atoms with Crippen molar-refractivity contribution >= 4 is 11.3 Å². The van der Waals surface area contributed by atoms with Crippen molar-refractivity contribution in [1.82, 2.24) is 10.3 Å². The number of aromatic nitrogens is 1. The molecule has 0 aliphatic carbocycles. The Morgan fingerprint density at radius 2 is 1.95 bits per heavy atom.